The first-order valence-corrected chi connectivity index (χ1v) is 6.95. The zero-order chi connectivity index (χ0) is 16.3. The minimum Gasteiger partial charge on any atom is -0.502 e. The summed E-state index contributed by atoms with van der Waals surface area (Å²) in [6, 6.07) is 3.80. The Kier molecular flexibility index (Phi) is 4.47. The Morgan fingerprint density at radius 2 is 2.23 bits per heavy atom. The average molecular weight is 320 g/mol. The van der Waals surface area contributed by atoms with Crippen molar-refractivity contribution < 1.29 is 14.8 Å². The van der Waals surface area contributed by atoms with E-state index in [-0.39, 0.29) is 0 Å². The number of phenolic OH excluding ortho intramolecular Hbond substituents is 1. The van der Waals surface area contributed by atoms with Crippen LogP contribution in [0.2, 0.25) is 0 Å². The predicted octanol–water partition coefficient (Wildman–Crippen LogP) is 2.14. The number of carbonyl (C=O) groups excluding carboxylic acids is 1. The summed E-state index contributed by atoms with van der Waals surface area (Å²) in [6.45, 7) is 3.53. The number of hydrazone groups is 1. The summed E-state index contributed by atoms with van der Waals surface area (Å²) in [5.41, 5.74) is 2.90. The van der Waals surface area contributed by atoms with E-state index in [1.54, 1.807) is 13.8 Å². The van der Waals surface area contributed by atoms with Gasteiger partial charge in [-0.25, -0.2) is 10.4 Å². The van der Waals surface area contributed by atoms with Gasteiger partial charge < -0.3 is 5.11 Å². The van der Waals surface area contributed by atoms with E-state index >= 15 is 0 Å². The van der Waals surface area contributed by atoms with E-state index < -0.39 is 22.3 Å². The Hall–Kier alpha value is -2.81. The van der Waals surface area contributed by atoms with E-state index in [0.29, 0.717) is 16.1 Å². The number of aryl methyl sites for hydroxylation is 2. The van der Waals surface area contributed by atoms with Gasteiger partial charge >= 0.3 is 5.69 Å². The van der Waals surface area contributed by atoms with Crippen molar-refractivity contribution in [2.45, 2.75) is 13.8 Å². The van der Waals surface area contributed by atoms with Gasteiger partial charge in [0, 0.05) is 11.6 Å². The second-order valence-corrected chi connectivity index (χ2v) is 5.56. The lowest BCUT2D eigenvalue weighted by molar-refractivity contribution is -0.385. The molecule has 2 N–H and O–H groups in total. The summed E-state index contributed by atoms with van der Waals surface area (Å²) in [6.07, 6.45) is 1.26. The van der Waals surface area contributed by atoms with Gasteiger partial charge in [0.2, 0.25) is 0 Å². The molecular formula is C13H12N4O4S. The highest BCUT2D eigenvalue weighted by molar-refractivity contribution is 7.13. The molecule has 0 unspecified atom stereocenters. The number of amides is 1. The van der Waals surface area contributed by atoms with Gasteiger partial charge in [-0.3, -0.25) is 14.9 Å². The molecule has 0 aliphatic rings. The topological polar surface area (TPSA) is 118 Å². The van der Waals surface area contributed by atoms with Crippen molar-refractivity contribution in [1.82, 2.24) is 10.4 Å². The smallest absolute Gasteiger partial charge is 0.311 e. The molecule has 1 amide bonds. The SMILES string of the molecule is Cc1nc(C)c(C(=O)N/N=C/c2ccc(O)c([N+](=O)[O-])c2)s1. The van der Waals surface area contributed by atoms with Gasteiger partial charge in [-0.1, -0.05) is 0 Å². The molecule has 0 saturated carbocycles. The molecule has 1 heterocycles. The summed E-state index contributed by atoms with van der Waals surface area (Å²) in [5.74, 6) is -0.824. The molecule has 0 spiro atoms. The number of nitro benzene ring substituents is 1. The lowest BCUT2D eigenvalue weighted by Gasteiger charge is -1.99. The molecule has 1 aromatic carbocycles. The second kappa shape index (κ2) is 6.31. The normalized spacial score (nSPS) is 10.8. The number of nitrogens with one attached hydrogen (secondary N) is 1. The van der Waals surface area contributed by atoms with Crippen molar-refractivity contribution in [3.05, 3.63) is 49.5 Å². The molecule has 22 heavy (non-hydrogen) atoms. The molecule has 2 aromatic rings. The number of nitrogens with zero attached hydrogens (tertiary/aromatic N) is 3. The third-order valence-electron chi connectivity index (χ3n) is 2.69. The third kappa shape index (κ3) is 3.44. The molecular weight excluding hydrogens is 308 g/mol. The van der Waals surface area contributed by atoms with Crippen LogP contribution in [0.5, 0.6) is 5.75 Å². The van der Waals surface area contributed by atoms with Gasteiger partial charge in [0.15, 0.2) is 5.75 Å². The number of hydrogen-bond donors (Lipinski definition) is 2. The zero-order valence-electron chi connectivity index (χ0n) is 11.7. The van der Waals surface area contributed by atoms with Crippen LogP contribution in [0.25, 0.3) is 0 Å². The Morgan fingerprint density at radius 1 is 1.50 bits per heavy atom. The Balaban J connectivity index is 2.10. The first-order chi connectivity index (χ1) is 10.4. The van der Waals surface area contributed by atoms with E-state index in [0.717, 1.165) is 11.1 Å². The average Bonchev–Trinajstić information content (AvgIpc) is 2.79. The fourth-order valence-electron chi connectivity index (χ4n) is 1.73. The summed E-state index contributed by atoms with van der Waals surface area (Å²) >= 11 is 1.26. The maximum Gasteiger partial charge on any atom is 0.311 e. The fourth-order valence-corrected chi connectivity index (χ4v) is 2.53. The first kappa shape index (κ1) is 15.6. The highest BCUT2D eigenvalue weighted by Crippen LogP contribution is 2.25. The summed E-state index contributed by atoms with van der Waals surface area (Å²) in [7, 11) is 0. The number of aromatic nitrogens is 1. The Bertz CT molecular complexity index is 769. The van der Waals surface area contributed by atoms with Gasteiger partial charge in [0.05, 0.1) is 21.8 Å². The molecule has 0 bridgehead atoms. The fraction of sp³-hybridized carbons (Fsp3) is 0.154. The maximum absolute atomic E-state index is 11.9. The number of rotatable bonds is 4. The molecule has 114 valence electrons. The molecule has 9 heteroatoms. The van der Waals surface area contributed by atoms with E-state index in [1.807, 2.05) is 0 Å². The first-order valence-electron chi connectivity index (χ1n) is 6.13. The summed E-state index contributed by atoms with van der Waals surface area (Å²) in [4.78, 5) is 26.5. The largest absolute Gasteiger partial charge is 0.502 e. The van der Waals surface area contributed by atoms with Gasteiger partial charge in [-0.15, -0.1) is 11.3 Å². The Morgan fingerprint density at radius 3 is 2.82 bits per heavy atom. The van der Waals surface area contributed by atoms with Gasteiger partial charge in [-0.2, -0.15) is 5.10 Å². The van der Waals surface area contributed by atoms with Crippen molar-refractivity contribution in [2.75, 3.05) is 0 Å². The second-order valence-electron chi connectivity index (χ2n) is 4.35. The standard InChI is InChI=1S/C13H12N4O4S/c1-7-12(22-8(2)15-7)13(19)16-14-6-9-3-4-11(18)10(5-9)17(20)21/h3-6,18H,1-2H3,(H,16,19)/b14-6+. The molecule has 2 rings (SSSR count). The van der Waals surface area contributed by atoms with Crippen molar-refractivity contribution in [3.63, 3.8) is 0 Å². The van der Waals surface area contributed by atoms with E-state index in [1.165, 1.54) is 29.7 Å². The van der Waals surface area contributed by atoms with Gasteiger partial charge in [0.1, 0.15) is 4.88 Å². The van der Waals surface area contributed by atoms with Crippen LogP contribution in [0.3, 0.4) is 0 Å². The minimum absolute atomic E-state index is 0.377. The van der Waals surface area contributed by atoms with E-state index in [4.69, 9.17) is 0 Å². The highest BCUT2D eigenvalue weighted by atomic mass is 32.1. The number of aromatic hydroxyl groups is 1. The number of nitro groups is 1. The lowest BCUT2D eigenvalue weighted by Crippen LogP contribution is -2.17. The summed E-state index contributed by atoms with van der Waals surface area (Å²) in [5, 5.41) is 24.6. The quantitative estimate of drug-likeness (QED) is 0.508. The third-order valence-corrected chi connectivity index (χ3v) is 3.76. The van der Waals surface area contributed by atoms with Crippen LogP contribution in [0.15, 0.2) is 23.3 Å². The summed E-state index contributed by atoms with van der Waals surface area (Å²) < 4.78 is 0. The van der Waals surface area contributed by atoms with Crippen molar-refractivity contribution in [2.24, 2.45) is 5.10 Å². The van der Waals surface area contributed by atoms with Crippen LogP contribution in [-0.4, -0.2) is 27.1 Å². The molecule has 0 fully saturated rings. The van der Waals surface area contributed by atoms with Gasteiger partial charge in [-0.05, 0) is 26.0 Å². The van der Waals surface area contributed by atoms with Crippen LogP contribution in [0.1, 0.15) is 25.9 Å². The van der Waals surface area contributed by atoms with Crippen molar-refractivity contribution in [3.8, 4) is 5.75 Å². The maximum atomic E-state index is 11.9. The molecule has 0 aliphatic heterocycles. The van der Waals surface area contributed by atoms with Gasteiger partial charge in [0.25, 0.3) is 5.91 Å². The number of carbonyl (C=O) groups is 1. The highest BCUT2D eigenvalue weighted by Gasteiger charge is 2.14. The van der Waals surface area contributed by atoms with Crippen molar-refractivity contribution >= 4 is 29.1 Å². The predicted molar refractivity (Wildman–Crippen MR) is 81.4 cm³/mol. The number of phenols is 1. The molecule has 0 saturated heterocycles. The molecule has 8 nitrogen and oxygen atoms in total. The van der Waals surface area contributed by atoms with Crippen LogP contribution in [0, 0.1) is 24.0 Å². The number of thiazole rings is 1. The molecule has 0 aliphatic carbocycles. The molecule has 0 atom stereocenters. The Labute approximate surface area is 129 Å². The molecule has 0 radical (unpaired) electrons. The van der Waals surface area contributed by atoms with Crippen molar-refractivity contribution in [1.29, 1.82) is 0 Å². The van der Waals surface area contributed by atoms with Crippen LogP contribution < -0.4 is 5.43 Å². The van der Waals surface area contributed by atoms with Crippen LogP contribution in [-0.2, 0) is 0 Å². The van der Waals surface area contributed by atoms with Crippen LogP contribution >= 0.6 is 11.3 Å². The van der Waals surface area contributed by atoms with E-state index in [9.17, 15) is 20.0 Å². The number of hydrogen-bond acceptors (Lipinski definition) is 7. The zero-order valence-corrected chi connectivity index (χ0v) is 12.5. The number of benzene rings is 1. The molecule has 1 aromatic heterocycles. The minimum atomic E-state index is -0.700. The lowest BCUT2D eigenvalue weighted by atomic mass is 10.2. The van der Waals surface area contributed by atoms with E-state index in [2.05, 4.69) is 15.5 Å². The monoisotopic (exact) mass is 320 g/mol. The van der Waals surface area contributed by atoms with Crippen LogP contribution in [0.4, 0.5) is 5.69 Å².